The van der Waals surface area contributed by atoms with Gasteiger partial charge < -0.3 is 19.3 Å². The Labute approximate surface area is 312 Å². The van der Waals surface area contributed by atoms with Crippen LogP contribution in [-0.4, -0.2) is 99.0 Å². The van der Waals surface area contributed by atoms with E-state index in [0.29, 0.717) is 48.8 Å². The van der Waals surface area contributed by atoms with Gasteiger partial charge in [0.25, 0.3) is 5.91 Å². The molecule has 2 fully saturated rings. The lowest BCUT2D eigenvalue weighted by molar-refractivity contribution is -0.236. The van der Waals surface area contributed by atoms with Gasteiger partial charge in [-0.05, 0) is 99.4 Å². The van der Waals surface area contributed by atoms with Crippen LogP contribution in [0.25, 0.3) is 0 Å². The van der Waals surface area contributed by atoms with E-state index >= 15 is 4.39 Å². The number of sulfonamides is 1. The number of hydrogen-bond donors (Lipinski definition) is 1. The molecule has 2 saturated heterocycles. The maximum Gasteiger partial charge on any atom is 0.416 e. The Morgan fingerprint density at radius 1 is 1.00 bits per heavy atom. The highest BCUT2D eigenvalue weighted by molar-refractivity contribution is 7.90. The van der Waals surface area contributed by atoms with Gasteiger partial charge in [0, 0.05) is 36.3 Å². The fourth-order valence-corrected chi connectivity index (χ4v) is 9.03. The number of nitrogens with one attached hydrogen (secondary N) is 1. The minimum Gasteiger partial charge on any atom is -0.487 e. The molecule has 2 amide bonds. The molecule has 4 heterocycles. The molecule has 0 radical (unpaired) electrons. The van der Waals surface area contributed by atoms with Crippen molar-refractivity contribution in [3.8, 4) is 5.75 Å². The molecule has 2 aromatic rings. The van der Waals surface area contributed by atoms with E-state index in [2.05, 4.69) is 4.72 Å². The quantitative estimate of drug-likeness (QED) is 0.350. The zero-order valence-corrected chi connectivity index (χ0v) is 31.3. The Balaban J connectivity index is 1.42. The van der Waals surface area contributed by atoms with Gasteiger partial charge in [0.15, 0.2) is 6.10 Å². The van der Waals surface area contributed by atoms with E-state index in [4.69, 9.17) is 21.1 Å². The predicted molar refractivity (Wildman–Crippen MR) is 192 cm³/mol. The van der Waals surface area contributed by atoms with Crippen molar-refractivity contribution >= 4 is 39.1 Å². The molecule has 4 aliphatic heterocycles. The van der Waals surface area contributed by atoms with Gasteiger partial charge >= 0.3 is 6.18 Å². The summed E-state index contributed by atoms with van der Waals surface area (Å²) in [5.41, 5.74) is 2.61. The molecule has 4 aliphatic rings. The summed E-state index contributed by atoms with van der Waals surface area (Å²) in [6.07, 6.45) is -2.46. The Morgan fingerprint density at radius 3 is 2.57 bits per heavy atom. The number of halogens is 5. The van der Waals surface area contributed by atoms with Crippen molar-refractivity contribution in [2.75, 3.05) is 44.2 Å². The fraction of sp³-hybridized carbons (Fsp3) is 0.568. The first kappa shape index (κ1) is 39.3. The molecule has 1 unspecified atom stereocenters. The van der Waals surface area contributed by atoms with Crippen molar-refractivity contribution in [2.24, 2.45) is 5.92 Å². The molecule has 1 N–H and O–H groups in total. The summed E-state index contributed by atoms with van der Waals surface area (Å²) in [6, 6.07) is 8.42. The minimum atomic E-state index is -4.71. The SMILES string of the molecule is C[C@@H]1[C@@H](C)C/C=C(\F)[C@H](C(=O)N2CCOC(C(F)(F)F)C2)N2CCC[C@H]2CN2CCCCc3cc(Cl)ccc3COc3ccc(cc32)C(=O)NS1(=O)=O. The molecule has 290 valence electrons. The Morgan fingerprint density at radius 2 is 1.79 bits per heavy atom. The molecule has 5 atom stereocenters. The van der Waals surface area contributed by atoms with E-state index in [1.165, 1.54) is 13.0 Å². The Bertz CT molecular complexity index is 1830. The third kappa shape index (κ3) is 8.95. The zero-order valence-electron chi connectivity index (χ0n) is 29.7. The van der Waals surface area contributed by atoms with Crippen molar-refractivity contribution in [1.82, 2.24) is 14.5 Å². The van der Waals surface area contributed by atoms with Crippen LogP contribution in [0.3, 0.4) is 0 Å². The van der Waals surface area contributed by atoms with Gasteiger partial charge in [-0.15, -0.1) is 0 Å². The van der Waals surface area contributed by atoms with Crippen LogP contribution in [0.1, 0.15) is 67.4 Å². The lowest BCUT2D eigenvalue weighted by Gasteiger charge is -2.40. The van der Waals surface area contributed by atoms with E-state index in [1.807, 2.05) is 17.0 Å². The largest absolute Gasteiger partial charge is 0.487 e. The average Bonchev–Trinajstić information content (AvgIpc) is 3.56. The smallest absolute Gasteiger partial charge is 0.416 e. The maximum atomic E-state index is 16.6. The number of hydrogen-bond acceptors (Lipinski definition) is 8. The van der Waals surface area contributed by atoms with Crippen LogP contribution in [-0.2, 0) is 32.6 Å². The molecule has 6 rings (SSSR count). The standard InChI is InChI=1S/C37H45ClF4N4O6S/c1-23-8-12-30(39)34(36(48)45-16-17-51-33(21-45)37(40,41)42)46-15-5-7-29(46)20-44-14-4-3-6-25-18-28(38)11-9-27(25)22-52-32-13-10-26(19-31(32)44)35(47)43-53(49,50)24(23)2/h9-13,18-19,23-24,29,33-34H,3-8,14-17,20-22H2,1-2H3,(H,43,47)/b30-12-/t23-,24+,29-,33?,34+/m0/s1. The van der Waals surface area contributed by atoms with Crippen LogP contribution in [0, 0.1) is 5.92 Å². The minimum absolute atomic E-state index is 0.101. The highest BCUT2D eigenvalue weighted by Crippen LogP contribution is 2.36. The number of fused-ring (bicyclic) bond motifs is 3. The highest BCUT2D eigenvalue weighted by atomic mass is 35.5. The lowest BCUT2D eigenvalue weighted by Crippen LogP contribution is -2.58. The van der Waals surface area contributed by atoms with E-state index in [1.54, 1.807) is 30.0 Å². The number of benzene rings is 2. The summed E-state index contributed by atoms with van der Waals surface area (Å²) >= 11 is 6.32. The van der Waals surface area contributed by atoms with Gasteiger partial charge in [-0.2, -0.15) is 13.2 Å². The number of allylic oxidation sites excluding steroid dienone is 1. The Kier molecular flexibility index (Phi) is 12.0. The molecule has 0 spiro atoms. The molecular weight excluding hydrogens is 740 g/mol. The van der Waals surface area contributed by atoms with E-state index in [9.17, 15) is 31.2 Å². The second-order valence-corrected chi connectivity index (χ2v) is 16.9. The summed E-state index contributed by atoms with van der Waals surface area (Å²) in [6.45, 7) is 3.02. The number of carbonyl (C=O) groups excluding carboxylic acids is 2. The zero-order chi connectivity index (χ0) is 38.1. The molecule has 16 heteroatoms. The third-order valence-corrected chi connectivity index (χ3v) is 13.0. The number of rotatable bonds is 1. The predicted octanol–water partition coefficient (Wildman–Crippen LogP) is 6.03. The van der Waals surface area contributed by atoms with Crippen molar-refractivity contribution in [3.63, 3.8) is 0 Å². The fourth-order valence-electron chi connectivity index (χ4n) is 7.56. The number of morpholine rings is 1. The van der Waals surface area contributed by atoms with Crippen LogP contribution >= 0.6 is 11.6 Å². The summed E-state index contributed by atoms with van der Waals surface area (Å²) in [5.74, 6) is -2.74. The number of carbonyl (C=O) groups is 2. The second kappa shape index (κ2) is 16.1. The van der Waals surface area contributed by atoms with Crippen molar-refractivity contribution in [3.05, 3.63) is 70.0 Å². The highest BCUT2D eigenvalue weighted by Gasteiger charge is 2.47. The first-order valence-corrected chi connectivity index (χ1v) is 20.0. The number of alkyl halides is 3. The first-order valence-electron chi connectivity index (χ1n) is 18.1. The van der Waals surface area contributed by atoms with Crippen LogP contribution < -0.4 is 14.4 Å². The van der Waals surface area contributed by atoms with Gasteiger partial charge in [0.2, 0.25) is 15.9 Å². The summed E-state index contributed by atoms with van der Waals surface area (Å²) in [5, 5.41) is -0.533. The van der Waals surface area contributed by atoms with Crippen LogP contribution in [0.15, 0.2) is 48.3 Å². The van der Waals surface area contributed by atoms with Gasteiger partial charge in [-0.1, -0.05) is 30.7 Å². The third-order valence-electron chi connectivity index (χ3n) is 10.9. The topological polar surface area (TPSA) is 108 Å². The molecule has 0 aromatic heterocycles. The van der Waals surface area contributed by atoms with Crippen LogP contribution in [0.4, 0.5) is 23.2 Å². The molecule has 0 aliphatic carbocycles. The monoisotopic (exact) mass is 784 g/mol. The number of anilines is 1. The maximum absolute atomic E-state index is 16.6. The number of aryl methyl sites for hydroxylation is 1. The lowest BCUT2D eigenvalue weighted by atomic mass is 10.0. The normalized spacial score (nSPS) is 28.7. The molecule has 10 nitrogen and oxygen atoms in total. The molecule has 2 bridgehead atoms. The van der Waals surface area contributed by atoms with Crippen LogP contribution in [0.5, 0.6) is 5.75 Å². The second-order valence-electron chi connectivity index (χ2n) is 14.4. The number of amides is 2. The van der Waals surface area contributed by atoms with Crippen molar-refractivity contribution in [2.45, 2.75) is 88.6 Å². The summed E-state index contributed by atoms with van der Waals surface area (Å²) < 4.78 is 98.1. The summed E-state index contributed by atoms with van der Waals surface area (Å²) in [7, 11) is -4.25. The summed E-state index contributed by atoms with van der Waals surface area (Å²) in [4.78, 5) is 32.5. The Hall–Kier alpha value is -3.40. The van der Waals surface area contributed by atoms with Gasteiger partial charge in [0.1, 0.15) is 24.2 Å². The van der Waals surface area contributed by atoms with Crippen molar-refractivity contribution in [1.29, 1.82) is 0 Å². The molecule has 53 heavy (non-hydrogen) atoms. The van der Waals surface area contributed by atoms with E-state index in [0.717, 1.165) is 34.9 Å². The first-order chi connectivity index (χ1) is 25.1. The van der Waals surface area contributed by atoms with Gasteiger partial charge in [-0.3, -0.25) is 14.5 Å². The van der Waals surface area contributed by atoms with E-state index < -0.39 is 69.7 Å². The van der Waals surface area contributed by atoms with E-state index in [-0.39, 0.29) is 38.3 Å². The molecule has 2 aromatic carbocycles. The van der Waals surface area contributed by atoms with Gasteiger partial charge in [-0.25, -0.2) is 17.5 Å². The van der Waals surface area contributed by atoms with Crippen molar-refractivity contribution < 1.29 is 45.0 Å². The molecule has 0 saturated carbocycles. The van der Waals surface area contributed by atoms with Gasteiger partial charge in [0.05, 0.1) is 24.1 Å². The van der Waals surface area contributed by atoms with Crippen LogP contribution in [0.2, 0.25) is 5.02 Å². The average molecular weight is 785 g/mol. The molecular formula is C37H45ClF4N4O6S. The number of nitrogens with zero attached hydrogens (tertiary/aromatic N) is 3. The number of ether oxygens (including phenoxy) is 2.